The zero-order valence-electron chi connectivity index (χ0n) is 8.64. The van der Waals surface area contributed by atoms with Gasteiger partial charge in [-0.2, -0.15) is 5.90 Å². The molecule has 16 heavy (non-hydrogen) atoms. The number of benzene rings is 1. The molecule has 1 atom stereocenters. The van der Waals surface area contributed by atoms with Crippen LogP contribution in [0.4, 0.5) is 0 Å². The number of nitrogens with two attached hydrogens (primary N) is 1. The van der Waals surface area contributed by atoms with E-state index in [1.807, 2.05) is 0 Å². The summed E-state index contributed by atoms with van der Waals surface area (Å²) < 4.78 is 0. The first-order chi connectivity index (χ1) is 7.70. The Morgan fingerprint density at radius 2 is 2.44 bits per heavy atom. The Labute approximate surface area is 92.0 Å². The SMILES string of the molecule is CC1N=C(c2cccc(C(=O)ON)c2)NO1. The van der Waals surface area contributed by atoms with E-state index in [0.29, 0.717) is 11.4 Å². The average Bonchev–Trinajstić information content (AvgIpc) is 2.75. The van der Waals surface area contributed by atoms with Crippen LogP contribution in [0.3, 0.4) is 0 Å². The standard InChI is InChI=1S/C10H11N3O3/c1-6-12-9(13-16-6)7-3-2-4-8(5-7)10(14)15-11/h2-6H,11H2,1H3,(H,12,13). The summed E-state index contributed by atoms with van der Waals surface area (Å²) in [6, 6.07) is 6.76. The fourth-order valence-corrected chi connectivity index (χ4v) is 1.37. The van der Waals surface area contributed by atoms with Crippen molar-refractivity contribution < 1.29 is 14.5 Å². The zero-order chi connectivity index (χ0) is 11.5. The molecule has 0 bridgehead atoms. The Kier molecular flexibility index (Phi) is 2.84. The molecule has 1 heterocycles. The van der Waals surface area contributed by atoms with Gasteiger partial charge in [0.2, 0.25) is 0 Å². The van der Waals surface area contributed by atoms with E-state index in [-0.39, 0.29) is 6.23 Å². The van der Waals surface area contributed by atoms with Gasteiger partial charge in [0.15, 0.2) is 12.1 Å². The number of carbonyl (C=O) groups is 1. The van der Waals surface area contributed by atoms with Gasteiger partial charge in [0.05, 0.1) is 5.56 Å². The fourth-order valence-electron chi connectivity index (χ4n) is 1.37. The van der Waals surface area contributed by atoms with Crippen LogP contribution in [-0.2, 0) is 9.68 Å². The molecule has 1 aliphatic rings. The highest BCUT2D eigenvalue weighted by molar-refractivity contribution is 6.01. The molecule has 0 aliphatic carbocycles. The van der Waals surface area contributed by atoms with Crippen molar-refractivity contribution >= 4 is 11.8 Å². The second kappa shape index (κ2) is 4.30. The van der Waals surface area contributed by atoms with Crippen LogP contribution in [0.25, 0.3) is 0 Å². The first-order valence-electron chi connectivity index (χ1n) is 4.71. The fraction of sp³-hybridized carbons (Fsp3) is 0.200. The van der Waals surface area contributed by atoms with Crippen molar-refractivity contribution in [3.05, 3.63) is 35.4 Å². The van der Waals surface area contributed by atoms with Crippen molar-refractivity contribution in [1.82, 2.24) is 5.48 Å². The summed E-state index contributed by atoms with van der Waals surface area (Å²) in [6.45, 7) is 1.80. The van der Waals surface area contributed by atoms with Crippen molar-refractivity contribution in [2.75, 3.05) is 0 Å². The molecule has 0 aromatic heterocycles. The Morgan fingerprint density at radius 1 is 1.62 bits per heavy atom. The zero-order valence-corrected chi connectivity index (χ0v) is 8.64. The number of amidine groups is 1. The van der Waals surface area contributed by atoms with E-state index >= 15 is 0 Å². The number of nitrogens with zero attached hydrogens (tertiary/aromatic N) is 1. The highest BCUT2D eigenvalue weighted by Gasteiger charge is 2.16. The molecule has 0 saturated carbocycles. The van der Waals surface area contributed by atoms with Crippen LogP contribution in [0.1, 0.15) is 22.8 Å². The molecular weight excluding hydrogens is 210 g/mol. The van der Waals surface area contributed by atoms with Gasteiger partial charge in [-0.15, -0.1) is 0 Å². The smallest absolute Gasteiger partial charge is 0.356 e. The third kappa shape index (κ3) is 2.02. The third-order valence-electron chi connectivity index (χ3n) is 2.12. The minimum atomic E-state index is -0.589. The van der Waals surface area contributed by atoms with E-state index in [2.05, 4.69) is 15.3 Å². The minimum absolute atomic E-state index is 0.236. The van der Waals surface area contributed by atoms with E-state index in [0.717, 1.165) is 5.56 Å². The molecule has 1 aromatic carbocycles. The van der Waals surface area contributed by atoms with Crippen molar-refractivity contribution in [2.45, 2.75) is 13.2 Å². The first-order valence-corrected chi connectivity index (χ1v) is 4.71. The van der Waals surface area contributed by atoms with Crippen LogP contribution < -0.4 is 11.4 Å². The van der Waals surface area contributed by atoms with Gasteiger partial charge in [-0.1, -0.05) is 12.1 Å². The first kappa shape index (κ1) is 10.6. The molecule has 1 unspecified atom stereocenters. The Balaban J connectivity index is 2.29. The number of aliphatic imine (C=N–C) groups is 1. The van der Waals surface area contributed by atoms with Gasteiger partial charge in [0, 0.05) is 5.56 Å². The predicted molar refractivity (Wildman–Crippen MR) is 56.3 cm³/mol. The monoisotopic (exact) mass is 221 g/mol. The predicted octanol–water partition coefficient (Wildman–Crippen LogP) is 0.345. The van der Waals surface area contributed by atoms with Crippen LogP contribution >= 0.6 is 0 Å². The van der Waals surface area contributed by atoms with E-state index in [1.54, 1.807) is 31.2 Å². The normalized spacial score (nSPS) is 18.9. The molecule has 1 aromatic rings. The summed E-state index contributed by atoms with van der Waals surface area (Å²) >= 11 is 0. The van der Waals surface area contributed by atoms with E-state index < -0.39 is 5.97 Å². The molecule has 84 valence electrons. The number of carbonyl (C=O) groups excluding carboxylic acids is 1. The summed E-state index contributed by atoms with van der Waals surface area (Å²) in [6.07, 6.45) is -0.236. The van der Waals surface area contributed by atoms with Crippen LogP contribution in [0.15, 0.2) is 29.3 Å². The molecule has 0 fully saturated rings. The van der Waals surface area contributed by atoms with Gasteiger partial charge in [-0.25, -0.2) is 20.1 Å². The van der Waals surface area contributed by atoms with Gasteiger partial charge < -0.3 is 4.84 Å². The summed E-state index contributed by atoms with van der Waals surface area (Å²) in [4.78, 5) is 24.6. The number of hydrogen-bond acceptors (Lipinski definition) is 6. The van der Waals surface area contributed by atoms with E-state index in [9.17, 15) is 4.79 Å². The molecule has 0 amide bonds. The summed E-state index contributed by atoms with van der Waals surface area (Å²) in [5, 5.41) is 0. The maximum Gasteiger partial charge on any atom is 0.356 e. The second-order valence-electron chi connectivity index (χ2n) is 3.28. The third-order valence-corrected chi connectivity index (χ3v) is 2.12. The quantitative estimate of drug-likeness (QED) is 0.703. The largest absolute Gasteiger partial charge is 0.370 e. The van der Waals surface area contributed by atoms with Crippen molar-refractivity contribution in [2.24, 2.45) is 10.9 Å². The molecule has 3 N–H and O–H groups in total. The Hall–Kier alpha value is -1.92. The topological polar surface area (TPSA) is 85.9 Å². The maximum atomic E-state index is 11.2. The van der Waals surface area contributed by atoms with Crippen LogP contribution in [-0.4, -0.2) is 18.0 Å². The maximum absolute atomic E-state index is 11.2. The lowest BCUT2D eigenvalue weighted by Crippen LogP contribution is -2.19. The number of nitrogens with one attached hydrogen (secondary N) is 1. The van der Waals surface area contributed by atoms with Crippen LogP contribution in [0, 0.1) is 0 Å². The Bertz CT molecular complexity index is 445. The van der Waals surface area contributed by atoms with Crippen LogP contribution in [0.5, 0.6) is 0 Å². The average molecular weight is 221 g/mol. The Morgan fingerprint density at radius 3 is 3.06 bits per heavy atom. The molecule has 6 nitrogen and oxygen atoms in total. The van der Waals surface area contributed by atoms with Crippen molar-refractivity contribution in [1.29, 1.82) is 0 Å². The number of rotatable bonds is 2. The van der Waals surface area contributed by atoms with Gasteiger partial charge in [0.1, 0.15) is 0 Å². The lowest BCUT2D eigenvalue weighted by Gasteiger charge is -2.03. The van der Waals surface area contributed by atoms with Crippen molar-refractivity contribution in [3.8, 4) is 0 Å². The highest BCUT2D eigenvalue weighted by atomic mass is 16.7. The summed E-state index contributed by atoms with van der Waals surface area (Å²) in [7, 11) is 0. The lowest BCUT2D eigenvalue weighted by atomic mass is 10.1. The number of hydrogen-bond donors (Lipinski definition) is 2. The minimum Gasteiger partial charge on any atom is -0.370 e. The van der Waals surface area contributed by atoms with E-state index in [4.69, 9.17) is 10.7 Å². The van der Waals surface area contributed by atoms with Crippen LogP contribution in [0.2, 0.25) is 0 Å². The van der Waals surface area contributed by atoms with Gasteiger partial charge >= 0.3 is 5.97 Å². The summed E-state index contributed by atoms with van der Waals surface area (Å²) in [5.74, 6) is 4.80. The second-order valence-corrected chi connectivity index (χ2v) is 3.28. The van der Waals surface area contributed by atoms with Crippen molar-refractivity contribution in [3.63, 3.8) is 0 Å². The molecular formula is C10H11N3O3. The molecule has 0 saturated heterocycles. The summed E-state index contributed by atoms with van der Waals surface area (Å²) in [5.41, 5.74) is 3.78. The molecule has 6 heteroatoms. The highest BCUT2D eigenvalue weighted by Crippen LogP contribution is 2.10. The molecule has 0 radical (unpaired) electrons. The van der Waals surface area contributed by atoms with Gasteiger partial charge in [-0.05, 0) is 19.1 Å². The molecule has 0 spiro atoms. The van der Waals surface area contributed by atoms with Gasteiger partial charge in [0.25, 0.3) is 0 Å². The molecule has 1 aliphatic heterocycles. The lowest BCUT2D eigenvalue weighted by molar-refractivity contribution is 0.0497. The number of hydroxylamine groups is 1. The van der Waals surface area contributed by atoms with Gasteiger partial charge in [-0.3, -0.25) is 0 Å². The molecule has 2 rings (SSSR count). The van der Waals surface area contributed by atoms with E-state index in [1.165, 1.54) is 0 Å².